The van der Waals surface area contributed by atoms with E-state index >= 15 is 0 Å². The number of ether oxygens (including phenoxy) is 1. The molecule has 0 amide bonds. The van der Waals surface area contributed by atoms with Gasteiger partial charge in [0.15, 0.2) is 0 Å². The van der Waals surface area contributed by atoms with Crippen molar-refractivity contribution >= 4 is 0 Å². The van der Waals surface area contributed by atoms with Crippen molar-refractivity contribution in [2.45, 2.75) is 58.6 Å². The van der Waals surface area contributed by atoms with Gasteiger partial charge in [0, 0.05) is 12.6 Å². The average molecular weight is 242 g/mol. The van der Waals surface area contributed by atoms with Gasteiger partial charge in [-0.25, -0.2) is 0 Å². The molecule has 2 unspecified atom stereocenters. The van der Waals surface area contributed by atoms with Crippen molar-refractivity contribution in [2.75, 3.05) is 26.7 Å². The summed E-state index contributed by atoms with van der Waals surface area (Å²) in [6, 6.07) is 0.618. The second-order valence-electron chi connectivity index (χ2n) is 6.22. The molecule has 1 fully saturated rings. The van der Waals surface area contributed by atoms with E-state index in [1.807, 2.05) is 0 Å². The Morgan fingerprint density at radius 3 is 2.59 bits per heavy atom. The maximum absolute atomic E-state index is 5.64. The Morgan fingerprint density at radius 1 is 1.35 bits per heavy atom. The van der Waals surface area contributed by atoms with Crippen molar-refractivity contribution in [3.05, 3.63) is 0 Å². The Kier molecular flexibility index (Phi) is 5.90. The highest BCUT2D eigenvalue weighted by Gasteiger charge is 2.27. The van der Waals surface area contributed by atoms with Crippen LogP contribution in [-0.4, -0.2) is 43.8 Å². The molecule has 0 aromatic heterocycles. The molecule has 3 heteroatoms. The molecule has 0 aliphatic carbocycles. The van der Waals surface area contributed by atoms with Gasteiger partial charge in [0.05, 0.1) is 6.10 Å². The molecule has 0 saturated carbocycles. The summed E-state index contributed by atoms with van der Waals surface area (Å²) in [7, 11) is 2.23. The van der Waals surface area contributed by atoms with E-state index in [1.54, 1.807) is 0 Å². The van der Waals surface area contributed by atoms with E-state index < -0.39 is 0 Å². The van der Waals surface area contributed by atoms with Crippen LogP contribution < -0.4 is 5.73 Å². The largest absolute Gasteiger partial charge is 0.377 e. The van der Waals surface area contributed by atoms with Gasteiger partial charge in [-0.3, -0.25) is 0 Å². The van der Waals surface area contributed by atoms with Crippen LogP contribution in [0.4, 0.5) is 0 Å². The third-order valence-electron chi connectivity index (χ3n) is 4.09. The first-order valence-corrected chi connectivity index (χ1v) is 6.98. The van der Waals surface area contributed by atoms with E-state index in [0.717, 1.165) is 19.6 Å². The fraction of sp³-hybridized carbons (Fsp3) is 1.00. The lowest BCUT2D eigenvalue weighted by atomic mass is 9.84. The van der Waals surface area contributed by atoms with E-state index in [-0.39, 0.29) is 0 Å². The van der Waals surface area contributed by atoms with Gasteiger partial charge < -0.3 is 15.4 Å². The van der Waals surface area contributed by atoms with Crippen LogP contribution >= 0.6 is 0 Å². The minimum absolute atomic E-state index is 0.396. The Bertz CT molecular complexity index is 218. The highest BCUT2D eigenvalue weighted by molar-refractivity contribution is 4.80. The minimum atomic E-state index is 0.396. The molecular weight excluding hydrogens is 212 g/mol. The number of hydrogen-bond donors (Lipinski definition) is 1. The topological polar surface area (TPSA) is 38.5 Å². The van der Waals surface area contributed by atoms with Crippen molar-refractivity contribution in [1.29, 1.82) is 0 Å². The molecule has 102 valence electrons. The fourth-order valence-electron chi connectivity index (χ4n) is 2.79. The zero-order valence-corrected chi connectivity index (χ0v) is 12.0. The lowest BCUT2D eigenvalue weighted by Crippen LogP contribution is -2.37. The molecule has 2 atom stereocenters. The van der Waals surface area contributed by atoms with Crippen LogP contribution in [0.1, 0.15) is 46.5 Å². The predicted octanol–water partition coefficient (Wildman–Crippen LogP) is 2.25. The molecule has 0 aromatic carbocycles. The summed E-state index contributed by atoms with van der Waals surface area (Å²) < 4.78 is 5.61. The second kappa shape index (κ2) is 6.72. The van der Waals surface area contributed by atoms with Gasteiger partial charge in [-0.15, -0.1) is 0 Å². The standard InChI is InChI=1S/C14H30N2O/c1-12-13(6-11-17-12)16(4)10-5-7-14(2,3)8-9-15/h12-13H,5-11,15H2,1-4H3. The molecule has 1 heterocycles. The third kappa shape index (κ3) is 4.94. The van der Waals surface area contributed by atoms with Gasteiger partial charge in [0.2, 0.25) is 0 Å². The number of hydrogen-bond acceptors (Lipinski definition) is 3. The molecule has 1 aliphatic heterocycles. The summed E-state index contributed by atoms with van der Waals surface area (Å²) in [5.41, 5.74) is 6.03. The third-order valence-corrected chi connectivity index (χ3v) is 4.09. The highest BCUT2D eigenvalue weighted by Crippen LogP contribution is 2.26. The number of likely N-dealkylation sites (N-methyl/N-ethyl adjacent to an activating group) is 1. The molecule has 0 bridgehead atoms. The summed E-state index contributed by atoms with van der Waals surface area (Å²) in [4.78, 5) is 2.47. The molecule has 0 aromatic rings. The number of nitrogens with zero attached hydrogens (tertiary/aromatic N) is 1. The fourth-order valence-corrected chi connectivity index (χ4v) is 2.79. The van der Waals surface area contributed by atoms with Crippen molar-refractivity contribution in [1.82, 2.24) is 4.90 Å². The molecule has 3 nitrogen and oxygen atoms in total. The summed E-state index contributed by atoms with van der Waals surface area (Å²) in [5.74, 6) is 0. The Hall–Kier alpha value is -0.120. The van der Waals surface area contributed by atoms with Gasteiger partial charge in [-0.2, -0.15) is 0 Å². The molecule has 0 spiro atoms. The molecule has 17 heavy (non-hydrogen) atoms. The van der Waals surface area contributed by atoms with Crippen LogP contribution in [0, 0.1) is 5.41 Å². The van der Waals surface area contributed by atoms with E-state index in [2.05, 4.69) is 32.7 Å². The van der Waals surface area contributed by atoms with E-state index in [0.29, 0.717) is 17.6 Å². The van der Waals surface area contributed by atoms with Crippen LogP contribution in [0.15, 0.2) is 0 Å². The second-order valence-corrected chi connectivity index (χ2v) is 6.22. The van der Waals surface area contributed by atoms with Crippen LogP contribution in [0.2, 0.25) is 0 Å². The van der Waals surface area contributed by atoms with E-state index in [9.17, 15) is 0 Å². The SMILES string of the molecule is CC1OCCC1N(C)CCCC(C)(C)CCN. The maximum Gasteiger partial charge on any atom is 0.0702 e. The first-order chi connectivity index (χ1) is 7.96. The zero-order chi connectivity index (χ0) is 12.9. The van der Waals surface area contributed by atoms with Crippen LogP contribution in [0.3, 0.4) is 0 Å². The zero-order valence-electron chi connectivity index (χ0n) is 12.0. The highest BCUT2D eigenvalue weighted by atomic mass is 16.5. The monoisotopic (exact) mass is 242 g/mol. The average Bonchev–Trinajstić information content (AvgIpc) is 2.63. The van der Waals surface area contributed by atoms with Crippen LogP contribution in [-0.2, 0) is 4.74 Å². The minimum Gasteiger partial charge on any atom is -0.377 e. The summed E-state index contributed by atoms with van der Waals surface area (Å²) >= 11 is 0. The molecule has 2 N–H and O–H groups in total. The quantitative estimate of drug-likeness (QED) is 0.744. The Labute approximate surface area is 107 Å². The lowest BCUT2D eigenvalue weighted by Gasteiger charge is -2.29. The van der Waals surface area contributed by atoms with E-state index in [4.69, 9.17) is 10.5 Å². The Morgan fingerprint density at radius 2 is 2.06 bits per heavy atom. The molecule has 1 saturated heterocycles. The van der Waals surface area contributed by atoms with E-state index in [1.165, 1.54) is 25.8 Å². The first kappa shape index (κ1) is 14.9. The summed E-state index contributed by atoms with van der Waals surface area (Å²) in [5, 5.41) is 0. The maximum atomic E-state index is 5.64. The van der Waals surface area contributed by atoms with Gasteiger partial charge in [-0.05, 0) is 58.2 Å². The van der Waals surface area contributed by atoms with Crippen molar-refractivity contribution in [3.63, 3.8) is 0 Å². The Balaban J connectivity index is 2.21. The predicted molar refractivity (Wildman–Crippen MR) is 73.1 cm³/mol. The lowest BCUT2D eigenvalue weighted by molar-refractivity contribution is 0.0820. The normalized spacial score (nSPS) is 25.8. The molecule has 1 aliphatic rings. The summed E-state index contributed by atoms with van der Waals surface area (Å²) in [6.45, 7) is 9.73. The van der Waals surface area contributed by atoms with Gasteiger partial charge in [0.25, 0.3) is 0 Å². The summed E-state index contributed by atoms with van der Waals surface area (Å²) in [6.07, 6.45) is 5.23. The first-order valence-electron chi connectivity index (χ1n) is 6.98. The van der Waals surface area contributed by atoms with Crippen LogP contribution in [0.25, 0.3) is 0 Å². The van der Waals surface area contributed by atoms with Gasteiger partial charge in [-0.1, -0.05) is 13.8 Å². The number of rotatable bonds is 7. The van der Waals surface area contributed by atoms with Crippen molar-refractivity contribution < 1.29 is 4.74 Å². The smallest absolute Gasteiger partial charge is 0.0702 e. The van der Waals surface area contributed by atoms with Crippen LogP contribution in [0.5, 0.6) is 0 Å². The number of nitrogens with two attached hydrogens (primary N) is 1. The van der Waals surface area contributed by atoms with Crippen molar-refractivity contribution in [3.8, 4) is 0 Å². The van der Waals surface area contributed by atoms with Crippen molar-refractivity contribution in [2.24, 2.45) is 11.1 Å². The van der Waals surface area contributed by atoms with Gasteiger partial charge in [0.1, 0.15) is 0 Å². The molecular formula is C14H30N2O. The molecule has 1 rings (SSSR count). The molecule has 0 radical (unpaired) electrons. The van der Waals surface area contributed by atoms with Gasteiger partial charge >= 0.3 is 0 Å².